The lowest BCUT2D eigenvalue weighted by atomic mass is 10.0. The number of H-pyrrole nitrogens is 1. The normalized spacial score (nSPS) is 13.7. The number of hydrogen-bond acceptors (Lipinski definition) is 4. The molecule has 0 unspecified atom stereocenters. The summed E-state index contributed by atoms with van der Waals surface area (Å²) in [4.78, 5) is 29.0. The zero-order valence-corrected chi connectivity index (χ0v) is 16.5. The third kappa shape index (κ3) is 4.01. The van der Waals surface area contributed by atoms with Gasteiger partial charge in [-0.05, 0) is 49.1 Å². The molecule has 0 bridgehead atoms. The van der Waals surface area contributed by atoms with Crippen LogP contribution in [0.15, 0.2) is 47.4 Å². The molecule has 0 radical (unpaired) electrons. The van der Waals surface area contributed by atoms with Gasteiger partial charge in [0.1, 0.15) is 11.6 Å². The van der Waals surface area contributed by atoms with Crippen LogP contribution in [0.3, 0.4) is 0 Å². The van der Waals surface area contributed by atoms with E-state index in [1.165, 1.54) is 6.07 Å². The van der Waals surface area contributed by atoms with Crippen molar-refractivity contribution < 1.29 is 19.0 Å². The van der Waals surface area contributed by atoms with Crippen molar-refractivity contribution in [2.24, 2.45) is 0 Å². The summed E-state index contributed by atoms with van der Waals surface area (Å²) in [5.74, 6) is -0.803. The third-order valence-electron chi connectivity index (χ3n) is 5.38. The summed E-state index contributed by atoms with van der Waals surface area (Å²) in [6.07, 6.45) is 4.28. The molecule has 1 aliphatic heterocycles. The Kier molecular flexibility index (Phi) is 5.70. The maximum absolute atomic E-state index is 14.6. The molecule has 6 nitrogen and oxygen atoms in total. The van der Waals surface area contributed by atoms with E-state index in [0.29, 0.717) is 35.4 Å². The highest BCUT2D eigenvalue weighted by molar-refractivity contribution is 5.93. The van der Waals surface area contributed by atoms with Gasteiger partial charge in [-0.1, -0.05) is 12.1 Å². The van der Waals surface area contributed by atoms with Crippen LogP contribution in [0.4, 0.5) is 10.1 Å². The fourth-order valence-corrected chi connectivity index (χ4v) is 3.86. The smallest absolute Gasteiger partial charge is 0.303 e. The molecule has 2 heterocycles. The van der Waals surface area contributed by atoms with Gasteiger partial charge in [0.2, 0.25) is 0 Å². The van der Waals surface area contributed by atoms with E-state index >= 15 is 0 Å². The number of carboxylic acids is 1. The second kappa shape index (κ2) is 8.57. The highest BCUT2D eigenvalue weighted by atomic mass is 19.1. The highest BCUT2D eigenvalue weighted by Crippen LogP contribution is 2.30. The lowest BCUT2D eigenvalue weighted by Crippen LogP contribution is -2.19. The van der Waals surface area contributed by atoms with Crippen molar-refractivity contribution in [3.63, 3.8) is 0 Å². The van der Waals surface area contributed by atoms with Gasteiger partial charge in [0.15, 0.2) is 5.43 Å². The quantitative estimate of drug-likeness (QED) is 0.571. The Balaban J connectivity index is 1.62. The SMILES string of the molecule is O=C(O)CCCOc1ccc(-c2c[nH]c3c(N4CCCC4)ccc(F)c3c2=O)cc1. The molecule has 30 heavy (non-hydrogen) atoms. The Bertz CT molecular complexity index is 1120. The molecule has 3 aromatic rings. The molecule has 4 rings (SSSR count). The predicted molar refractivity (Wildman–Crippen MR) is 114 cm³/mol. The van der Waals surface area contributed by atoms with Gasteiger partial charge < -0.3 is 19.7 Å². The second-order valence-electron chi connectivity index (χ2n) is 7.41. The van der Waals surface area contributed by atoms with Gasteiger partial charge in [0.25, 0.3) is 0 Å². The summed E-state index contributed by atoms with van der Waals surface area (Å²) in [5.41, 5.74) is 2.08. The molecule has 156 valence electrons. The molecule has 0 aliphatic carbocycles. The number of benzene rings is 2. The van der Waals surface area contributed by atoms with Gasteiger partial charge in [-0.15, -0.1) is 0 Å². The van der Waals surface area contributed by atoms with Crippen LogP contribution in [-0.2, 0) is 4.79 Å². The number of aliphatic carboxylic acids is 1. The number of pyridine rings is 1. The van der Waals surface area contributed by atoms with Crippen molar-refractivity contribution in [1.29, 1.82) is 0 Å². The number of nitrogens with one attached hydrogen (secondary N) is 1. The maximum atomic E-state index is 14.6. The summed E-state index contributed by atoms with van der Waals surface area (Å²) >= 11 is 0. The van der Waals surface area contributed by atoms with E-state index < -0.39 is 11.8 Å². The zero-order chi connectivity index (χ0) is 21.1. The fraction of sp³-hybridized carbons (Fsp3) is 0.304. The van der Waals surface area contributed by atoms with Crippen LogP contribution in [0.2, 0.25) is 0 Å². The first-order valence-electron chi connectivity index (χ1n) is 10.1. The van der Waals surface area contributed by atoms with Crippen LogP contribution < -0.4 is 15.1 Å². The lowest BCUT2D eigenvalue weighted by molar-refractivity contribution is -0.137. The van der Waals surface area contributed by atoms with Crippen molar-refractivity contribution in [3.05, 3.63) is 58.6 Å². The molecule has 1 fully saturated rings. The number of hydrogen-bond donors (Lipinski definition) is 2. The van der Waals surface area contributed by atoms with E-state index in [1.54, 1.807) is 36.5 Å². The standard InChI is InChI=1S/C23H23FN2O4/c24-18-9-10-19(26-11-1-2-12-26)22-21(18)23(29)17(14-25-22)15-5-7-16(8-6-15)30-13-3-4-20(27)28/h5-10,14H,1-4,11-13H2,(H,25,29)(H,27,28). The Morgan fingerprint density at radius 2 is 1.87 bits per heavy atom. The lowest BCUT2D eigenvalue weighted by Gasteiger charge is -2.20. The summed E-state index contributed by atoms with van der Waals surface area (Å²) in [5, 5.41) is 8.73. The first kappa shape index (κ1) is 19.9. The molecule has 1 aromatic heterocycles. The van der Waals surface area contributed by atoms with Crippen LogP contribution in [0.1, 0.15) is 25.7 Å². The number of carboxylic acid groups (broad SMARTS) is 1. The number of nitrogens with zero attached hydrogens (tertiary/aromatic N) is 1. The summed E-state index contributed by atoms with van der Waals surface area (Å²) in [7, 11) is 0. The van der Waals surface area contributed by atoms with Gasteiger partial charge in [-0.2, -0.15) is 0 Å². The van der Waals surface area contributed by atoms with Crippen LogP contribution in [-0.4, -0.2) is 35.8 Å². The van der Waals surface area contributed by atoms with Crippen molar-refractivity contribution in [2.45, 2.75) is 25.7 Å². The maximum Gasteiger partial charge on any atom is 0.303 e. The molecule has 2 N–H and O–H groups in total. The third-order valence-corrected chi connectivity index (χ3v) is 5.38. The van der Waals surface area contributed by atoms with Crippen LogP contribution in [0.25, 0.3) is 22.0 Å². The van der Waals surface area contributed by atoms with Crippen molar-refractivity contribution in [3.8, 4) is 16.9 Å². The zero-order valence-electron chi connectivity index (χ0n) is 16.5. The molecule has 1 saturated heterocycles. The largest absolute Gasteiger partial charge is 0.494 e. The number of aromatic nitrogens is 1. The van der Waals surface area contributed by atoms with Crippen LogP contribution >= 0.6 is 0 Å². The minimum absolute atomic E-state index is 0.0511. The van der Waals surface area contributed by atoms with Crippen LogP contribution in [0, 0.1) is 5.82 Å². The van der Waals surface area contributed by atoms with E-state index in [1.807, 2.05) is 0 Å². The number of fused-ring (bicyclic) bond motifs is 1. The Morgan fingerprint density at radius 3 is 2.57 bits per heavy atom. The molecule has 0 atom stereocenters. The molecule has 0 spiro atoms. The number of carbonyl (C=O) groups is 1. The molecule has 7 heteroatoms. The van der Waals surface area contributed by atoms with E-state index in [9.17, 15) is 14.0 Å². The monoisotopic (exact) mass is 410 g/mol. The molecule has 1 aliphatic rings. The van der Waals surface area contributed by atoms with Crippen LogP contribution in [0.5, 0.6) is 5.75 Å². The first-order chi connectivity index (χ1) is 14.5. The second-order valence-corrected chi connectivity index (χ2v) is 7.41. The van der Waals surface area contributed by atoms with Gasteiger partial charge in [0.05, 0.1) is 23.2 Å². The molecule has 0 amide bonds. The van der Waals surface area contributed by atoms with E-state index in [-0.39, 0.29) is 17.2 Å². The predicted octanol–water partition coefficient (Wildman–Crippen LogP) is 4.18. The molecule has 2 aromatic carbocycles. The highest BCUT2D eigenvalue weighted by Gasteiger charge is 2.19. The number of anilines is 1. The minimum Gasteiger partial charge on any atom is -0.494 e. The number of ether oxygens (including phenoxy) is 1. The average molecular weight is 410 g/mol. The fourth-order valence-electron chi connectivity index (χ4n) is 3.86. The summed E-state index contributed by atoms with van der Waals surface area (Å²) < 4.78 is 20.1. The van der Waals surface area contributed by atoms with Gasteiger partial charge in [-0.3, -0.25) is 9.59 Å². The Hall–Kier alpha value is -3.35. The van der Waals surface area contributed by atoms with Crippen molar-refractivity contribution in [2.75, 3.05) is 24.6 Å². The van der Waals surface area contributed by atoms with Gasteiger partial charge >= 0.3 is 5.97 Å². The summed E-state index contributed by atoms with van der Waals surface area (Å²) in [6, 6.07) is 10.0. The van der Waals surface area contributed by atoms with Gasteiger partial charge in [-0.25, -0.2) is 4.39 Å². The van der Waals surface area contributed by atoms with Crippen molar-refractivity contribution in [1.82, 2.24) is 4.98 Å². The Morgan fingerprint density at radius 1 is 1.13 bits per heavy atom. The van der Waals surface area contributed by atoms with Gasteiger partial charge in [0, 0.05) is 31.3 Å². The average Bonchev–Trinajstić information content (AvgIpc) is 3.27. The first-order valence-corrected chi connectivity index (χ1v) is 10.1. The molecular formula is C23H23FN2O4. The number of halogens is 1. The topological polar surface area (TPSA) is 82.6 Å². The summed E-state index contributed by atoms with van der Waals surface area (Å²) in [6.45, 7) is 2.10. The van der Waals surface area contributed by atoms with E-state index in [2.05, 4.69) is 9.88 Å². The molecule has 0 saturated carbocycles. The molecular weight excluding hydrogens is 387 g/mol. The minimum atomic E-state index is -0.857. The van der Waals surface area contributed by atoms with E-state index in [4.69, 9.17) is 9.84 Å². The number of rotatable bonds is 7. The Labute approximate surface area is 172 Å². The van der Waals surface area contributed by atoms with Crippen molar-refractivity contribution >= 4 is 22.6 Å². The van der Waals surface area contributed by atoms with E-state index in [0.717, 1.165) is 31.6 Å². The number of aromatic amines is 1.